The summed E-state index contributed by atoms with van der Waals surface area (Å²) < 4.78 is 0. The number of rotatable bonds is 4. The molecule has 1 fully saturated rings. The number of allylic oxidation sites excluding steroid dienone is 1. The predicted molar refractivity (Wildman–Crippen MR) is 113 cm³/mol. The number of hydrogen-bond donors (Lipinski definition) is 1. The third-order valence-electron chi connectivity index (χ3n) is 5.77. The molecular formula is C23H35N3O. The summed E-state index contributed by atoms with van der Waals surface area (Å²) in [6.07, 6.45) is 8.41. The number of nitrogens with zero attached hydrogens (tertiary/aromatic N) is 2. The van der Waals surface area contributed by atoms with Gasteiger partial charge < -0.3 is 15.1 Å². The maximum Gasteiger partial charge on any atom is 0.317 e. The fraction of sp³-hybridized carbons (Fsp3) is 0.609. The predicted octanol–water partition coefficient (Wildman–Crippen LogP) is 4.71. The lowest BCUT2D eigenvalue weighted by Crippen LogP contribution is -2.52. The Morgan fingerprint density at radius 3 is 2.33 bits per heavy atom. The molecule has 2 aliphatic rings. The quantitative estimate of drug-likeness (QED) is 0.781. The van der Waals surface area contributed by atoms with E-state index in [0.717, 1.165) is 39.1 Å². The minimum absolute atomic E-state index is 0.0918. The first-order chi connectivity index (χ1) is 12.9. The minimum atomic E-state index is 0.0918. The molecule has 1 aliphatic carbocycles. The van der Waals surface area contributed by atoms with Gasteiger partial charge in [-0.2, -0.15) is 0 Å². The molecule has 0 atom stereocenters. The number of carbonyl (C=O) groups excluding carboxylic acids is 1. The van der Waals surface area contributed by atoms with Crippen molar-refractivity contribution in [2.45, 2.75) is 58.3 Å². The van der Waals surface area contributed by atoms with Crippen LogP contribution in [0.3, 0.4) is 0 Å². The van der Waals surface area contributed by atoms with Gasteiger partial charge in [-0.05, 0) is 55.2 Å². The van der Waals surface area contributed by atoms with Crippen molar-refractivity contribution in [3.05, 3.63) is 41.5 Å². The average Bonchev–Trinajstić information content (AvgIpc) is 2.68. The van der Waals surface area contributed by atoms with Gasteiger partial charge in [0.2, 0.25) is 0 Å². The van der Waals surface area contributed by atoms with Crippen LogP contribution in [0.4, 0.5) is 10.5 Å². The second kappa shape index (κ2) is 8.81. The van der Waals surface area contributed by atoms with Crippen LogP contribution in [-0.2, 0) is 5.41 Å². The van der Waals surface area contributed by atoms with Gasteiger partial charge in [-0.3, -0.25) is 0 Å². The second-order valence-corrected chi connectivity index (χ2v) is 8.86. The molecule has 0 aromatic heterocycles. The fourth-order valence-electron chi connectivity index (χ4n) is 3.91. The second-order valence-electron chi connectivity index (χ2n) is 8.86. The van der Waals surface area contributed by atoms with Crippen LogP contribution in [0.5, 0.6) is 0 Å². The summed E-state index contributed by atoms with van der Waals surface area (Å²) in [7, 11) is 0. The van der Waals surface area contributed by atoms with Crippen LogP contribution in [0, 0.1) is 0 Å². The molecule has 3 rings (SSSR count). The molecule has 27 heavy (non-hydrogen) atoms. The Balaban J connectivity index is 1.42. The Hall–Kier alpha value is -1.97. The van der Waals surface area contributed by atoms with E-state index in [2.05, 4.69) is 61.3 Å². The summed E-state index contributed by atoms with van der Waals surface area (Å²) in [6, 6.07) is 8.99. The number of hydrogen-bond acceptors (Lipinski definition) is 2. The molecule has 0 unspecified atom stereocenters. The van der Waals surface area contributed by atoms with E-state index in [0.29, 0.717) is 0 Å². The number of carbonyl (C=O) groups is 1. The van der Waals surface area contributed by atoms with Crippen molar-refractivity contribution >= 4 is 11.7 Å². The topological polar surface area (TPSA) is 35.6 Å². The standard InChI is InChI=1S/C23H35N3O/c1-23(2,3)20-9-11-21(12-10-20)25-15-17-26(18-16-25)22(27)24-14-13-19-7-5-4-6-8-19/h7,9-12H,4-6,8,13-18H2,1-3H3,(H,24,27). The highest BCUT2D eigenvalue weighted by molar-refractivity contribution is 5.74. The number of nitrogens with one attached hydrogen (secondary N) is 1. The van der Waals surface area contributed by atoms with Crippen LogP contribution in [0.25, 0.3) is 0 Å². The molecule has 1 N–H and O–H groups in total. The molecule has 0 saturated carbocycles. The third-order valence-corrected chi connectivity index (χ3v) is 5.77. The molecule has 2 amide bonds. The SMILES string of the molecule is CC(C)(C)c1ccc(N2CCN(C(=O)NCCC3=CCCCC3)CC2)cc1. The van der Waals surface area contributed by atoms with Crippen molar-refractivity contribution in [1.82, 2.24) is 10.2 Å². The maximum atomic E-state index is 12.4. The van der Waals surface area contributed by atoms with E-state index >= 15 is 0 Å². The Morgan fingerprint density at radius 2 is 1.74 bits per heavy atom. The Morgan fingerprint density at radius 1 is 1.04 bits per heavy atom. The summed E-state index contributed by atoms with van der Waals surface area (Å²) in [5.74, 6) is 0. The lowest BCUT2D eigenvalue weighted by Gasteiger charge is -2.36. The zero-order valence-corrected chi connectivity index (χ0v) is 17.3. The molecule has 148 valence electrons. The van der Waals surface area contributed by atoms with Crippen molar-refractivity contribution in [3.8, 4) is 0 Å². The summed E-state index contributed by atoms with van der Waals surface area (Å²) in [4.78, 5) is 16.7. The van der Waals surface area contributed by atoms with Crippen molar-refractivity contribution in [1.29, 1.82) is 0 Å². The normalized spacial score (nSPS) is 18.3. The van der Waals surface area contributed by atoms with Gasteiger partial charge in [0.15, 0.2) is 0 Å². The summed E-state index contributed by atoms with van der Waals surface area (Å²) >= 11 is 0. The molecule has 1 saturated heterocycles. The highest BCUT2D eigenvalue weighted by Gasteiger charge is 2.21. The lowest BCUT2D eigenvalue weighted by molar-refractivity contribution is 0.194. The first kappa shape index (κ1) is 19.8. The highest BCUT2D eigenvalue weighted by atomic mass is 16.2. The largest absolute Gasteiger partial charge is 0.368 e. The van der Waals surface area contributed by atoms with Crippen LogP contribution in [0.1, 0.15) is 58.4 Å². The first-order valence-electron chi connectivity index (χ1n) is 10.5. The van der Waals surface area contributed by atoms with Crippen molar-refractivity contribution in [3.63, 3.8) is 0 Å². The van der Waals surface area contributed by atoms with Gasteiger partial charge in [0, 0.05) is 38.4 Å². The van der Waals surface area contributed by atoms with Gasteiger partial charge in [0.25, 0.3) is 0 Å². The van der Waals surface area contributed by atoms with Crippen LogP contribution in [-0.4, -0.2) is 43.7 Å². The van der Waals surface area contributed by atoms with Crippen LogP contribution in [0.15, 0.2) is 35.9 Å². The molecule has 1 heterocycles. The molecule has 0 radical (unpaired) electrons. The smallest absolute Gasteiger partial charge is 0.317 e. The Kier molecular flexibility index (Phi) is 6.46. The van der Waals surface area contributed by atoms with Gasteiger partial charge in [-0.1, -0.05) is 44.6 Å². The zero-order chi connectivity index (χ0) is 19.3. The fourth-order valence-corrected chi connectivity index (χ4v) is 3.91. The van der Waals surface area contributed by atoms with E-state index in [1.165, 1.54) is 42.5 Å². The van der Waals surface area contributed by atoms with Gasteiger partial charge in [-0.15, -0.1) is 0 Å². The summed E-state index contributed by atoms with van der Waals surface area (Å²) in [6.45, 7) is 10.9. The molecule has 1 aromatic carbocycles. The van der Waals surface area contributed by atoms with Crippen molar-refractivity contribution in [2.24, 2.45) is 0 Å². The molecule has 4 nitrogen and oxygen atoms in total. The lowest BCUT2D eigenvalue weighted by atomic mass is 9.87. The van der Waals surface area contributed by atoms with E-state index < -0.39 is 0 Å². The van der Waals surface area contributed by atoms with Crippen molar-refractivity contribution in [2.75, 3.05) is 37.6 Å². The number of anilines is 1. The first-order valence-corrected chi connectivity index (χ1v) is 10.5. The van der Waals surface area contributed by atoms with Crippen LogP contribution < -0.4 is 10.2 Å². The zero-order valence-electron chi connectivity index (χ0n) is 17.3. The van der Waals surface area contributed by atoms with Gasteiger partial charge in [0.05, 0.1) is 0 Å². The maximum absolute atomic E-state index is 12.4. The average molecular weight is 370 g/mol. The number of urea groups is 1. The molecule has 1 aliphatic heterocycles. The Labute approximate surface area is 164 Å². The third kappa shape index (κ3) is 5.50. The van der Waals surface area contributed by atoms with Gasteiger partial charge >= 0.3 is 6.03 Å². The minimum Gasteiger partial charge on any atom is -0.368 e. The van der Waals surface area contributed by atoms with E-state index in [-0.39, 0.29) is 11.4 Å². The van der Waals surface area contributed by atoms with Crippen molar-refractivity contribution < 1.29 is 4.79 Å². The number of amides is 2. The summed E-state index contributed by atoms with van der Waals surface area (Å²) in [5.41, 5.74) is 4.32. The molecular weight excluding hydrogens is 334 g/mol. The van der Waals surface area contributed by atoms with Gasteiger partial charge in [-0.25, -0.2) is 4.79 Å². The van der Waals surface area contributed by atoms with E-state index in [1.54, 1.807) is 0 Å². The monoisotopic (exact) mass is 369 g/mol. The molecule has 4 heteroatoms. The molecule has 0 bridgehead atoms. The molecule has 1 aromatic rings. The van der Waals surface area contributed by atoms with Gasteiger partial charge in [0.1, 0.15) is 0 Å². The van der Waals surface area contributed by atoms with E-state index in [1.807, 2.05) is 4.90 Å². The number of piperazine rings is 1. The van der Waals surface area contributed by atoms with E-state index in [4.69, 9.17) is 0 Å². The van der Waals surface area contributed by atoms with Crippen LogP contribution in [0.2, 0.25) is 0 Å². The Bertz CT molecular complexity index is 649. The van der Waals surface area contributed by atoms with E-state index in [9.17, 15) is 4.79 Å². The summed E-state index contributed by atoms with van der Waals surface area (Å²) in [5, 5.41) is 3.11. The highest BCUT2D eigenvalue weighted by Crippen LogP contribution is 2.25. The number of benzene rings is 1. The molecule has 0 spiro atoms. The van der Waals surface area contributed by atoms with Crippen LogP contribution >= 0.6 is 0 Å².